The van der Waals surface area contributed by atoms with Crippen LogP contribution in [0.25, 0.3) is 0 Å². The number of para-hydroxylation sites is 1. The van der Waals surface area contributed by atoms with Gasteiger partial charge in [-0.25, -0.2) is 0 Å². The highest BCUT2D eigenvalue weighted by Crippen LogP contribution is 2.31. The van der Waals surface area contributed by atoms with E-state index in [0.717, 1.165) is 17.1 Å². The number of nitrogens with two attached hydrogens (primary N) is 1. The van der Waals surface area contributed by atoms with Crippen molar-refractivity contribution in [2.24, 2.45) is 5.73 Å². The van der Waals surface area contributed by atoms with Crippen LogP contribution in [0, 0.1) is 0 Å². The highest BCUT2D eigenvalue weighted by Gasteiger charge is 2.13. The second-order valence-corrected chi connectivity index (χ2v) is 5.21. The van der Waals surface area contributed by atoms with Crippen molar-refractivity contribution in [1.82, 2.24) is 0 Å². The average molecular weight is 253 g/mol. The first-order chi connectivity index (χ1) is 9.24. The van der Waals surface area contributed by atoms with Crippen molar-refractivity contribution in [2.45, 2.75) is 32.2 Å². The van der Waals surface area contributed by atoms with Crippen LogP contribution in [0.15, 0.2) is 42.5 Å². The largest absolute Gasteiger partial charge is 0.457 e. The molecule has 0 bridgehead atoms. The maximum atomic E-state index is 6.02. The van der Waals surface area contributed by atoms with Gasteiger partial charge in [-0.2, -0.15) is 0 Å². The van der Waals surface area contributed by atoms with E-state index in [0.29, 0.717) is 0 Å². The summed E-state index contributed by atoms with van der Waals surface area (Å²) in [5.74, 6) is 1.77. The maximum absolute atomic E-state index is 6.02. The van der Waals surface area contributed by atoms with E-state index >= 15 is 0 Å². The van der Waals surface area contributed by atoms with Crippen molar-refractivity contribution in [2.75, 3.05) is 0 Å². The van der Waals surface area contributed by atoms with Gasteiger partial charge >= 0.3 is 0 Å². The van der Waals surface area contributed by atoms with Crippen LogP contribution in [0.2, 0.25) is 0 Å². The van der Waals surface area contributed by atoms with Crippen LogP contribution in [0.5, 0.6) is 11.5 Å². The molecule has 0 unspecified atom stereocenters. The molecule has 0 aliphatic heterocycles. The van der Waals surface area contributed by atoms with Gasteiger partial charge < -0.3 is 10.5 Å². The minimum Gasteiger partial charge on any atom is -0.457 e. The highest BCUT2D eigenvalue weighted by atomic mass is 16.5. The Morgan fingerprint density at radius 3 is 2.68 bits per heavy atom. The molecule has 2 aromatic rings. The number of hydrogen-bond acceptors (Lipinski definition) is 2. The predicted octanol–water partition coefficient (Wildman–Crippen LogP) is 3.99. The molecule has 3 rings (SSSR count). The predicted molar refractivity (Wildman–Crippen MR) is 77.6 cm³/mol. The van der Waals surface area contributed by atoms with E-state index in [1.807, 2.05) is 31.2 Å². The SMILES string of the molecule is C[C@H](N)c1ccccc1Oc1ccc2c(c1)CCC2. The molecule has 1 aliphatic carbocycles. The number of ether oxygens (including phenoxy) is 1. The molecule has 0 aromatic heterocycles. The standard InChI is InChI=1S/C17H19NO/c1-12(18)16-7-2-3-8-17(16)19-15-10-9-13-5-4-6-14(13)11-15/h2-3,7-12H,4-6,18H2,1H3/t12-/m0/s1. The molecule has 98 valence electrons. The van der Waals surface area contributed by atoms with Gasteiger partial charge in [0.05, 0.1) is 0 Å². The molecule has 19 heavy (non-hydrogen) atoms. The first-order valence-electron chi connectivity index (χ1n) is 6.88. The zero-order valence-corrected chi connectivity index (χ0v) is 11.2. The van der Waals surface area contributed by atoms with Crippen molar-refractivity contribution in [1.29, 1.82) is 0 Å². The minimum absolute atomic E-state index is 0.0226. The lowest BCUT2D eigenvalue weighted by Crippen LogP contribution is -2.06. The highest BCUT2D eigenvalue weighted by molar-refractivity contribution is 5.43. The summed E-state index contributed by atoms with van der Waals surface area (Å²) >= 11 is 0. The van der Waals surface area contributed by atoms with Crippen LogP contribution in [0.4, 0.5) is 0 Å². The van der Waals surface area contributed by atoms with Crippen LogP contribution in [0.1, 0.15) is 36.1 Å². The van der Waals surface area contributed by atoms with Gasteiger partial charge in [-0.05, 0) is 55.5 Å². The van der Waals surface area contributed by atoms with Crippen molar-refractivity contribution < 1.29 is 4.74 Å². The average Bonchev–Trinajstić information content (AvgIpc) is 2.86. The molecule has 2 nitrogen and oxygen atoms in total. The molecule has 0 amide bonds. The first kappa shape index (κ1) is 12.2. The van der Waals surface area contributed by atoms with Crippen LogP contribution < -0.4 is 10.5 Å². The molecular weight excluding hydrogens is 234 g/mol. The number of rotatable bonds is 3. The molecule has 0 saturated heterocycles. The van der Waals surface area contributed by atoms with Crippen molar-refractivity contribution in [3.63, 3.8) is 0 Å². The van der Waals surface area contributed by atoms with Gasteiger partial charge in [-0.1, -0.05) is 24.3 Å². The Bertz CT molecular complexity index is 590. The molecule has 2 N–H and O–H groups in total. The zero-order chi connectivity index (χ0) is 13.2. The van der Waals surface area contributed by atoms with E-state index in [9.17, 15) is 0 Å². The quantitative estimate of drug-likeness (QED) is 0.897. The van der Waals surface area contributed by atoms with Crippen molar-refractivity contribution in [3.8, 4) is 11.5 Å². The number of fused-ring (bicyclic) bond motifs is 1. The molecular formula is C17H19NO. The molecule has 2 aromatic carbocycles. The Morgan fingerprint density at radius 2 is 1.84 bits per heavy atom. The van der Waals surface area contributed by atoms with E-state index in [4.69, 9.17) is 10.5 Å². The second-order valence-electron chi connectivity index (χ2n) is 5.21. The Labute approximate surface area is 114 Å². The first-order valence-corrected chi connectivity index (χ1v) is 6.88. The van der Waals surface area contributed by atoms with Crippen molar-refractivity contribution in [3.05, 3.63) is 59.2 Å². The van der Waals surface area contributed by atoms with Gasteiger partial charge in [-0.15, -0.1) is 0 Å². The third-order valence-electron chi connectivity index (χ3n) is 3.71. The normalized spacial score (nSPS) is 15.1. The summed E-state index contributed by atoms with van der Waals surface area (Å²) in [5.41, 5.74) is 9.92. The van der Waals surface area contributed by atoms with Crippen LogP contribution >= 0.6 is 0 Å². The molecule has 0 heterocycles. The van der Waals surface area contributed by atoms with E-state index < -0.39 is 0 Å². The summed E-state index contributed by atoms with van der Waals surface area (Å²) in [7, 11) is 0. The van der Waals surface area contributed by atoms with Gasteiger partial charge in [0.2, 0.25) is 0 Å². The maximum Gasteiger partial charge on any atom is 0.132 e. The molecule has 0 fully saturated rings. The lowest BCUT2D eigenvalue weighted by atomic mass is 10.1. The monoisotopic (exact) mass is 253 g/mol. The third kappa shape index (κ3) is 2.49. The fourth-order valence-electron chi connectivity index (χ4n) is 2.69. The number of aryl methyl sites for hydroxylation is 2. The topological polar surface area (TPSA) is 35.2 Å². The van der Waals surface area contributed by atoms with Crippen LogP contribution in [0.3, 0.4) is 0 Å². The van der Waals surface area contributed by atoms with Gasteiger partial charge in [0.1, 0.15) is 11.5 Å². The Balaban J connectivity index is 1.89. The molecule has 0 radical (unpaired) electrons. The van der Waals surface area contributed by atoms with Gasteiger partial charge in [0.15, 0.2) is 0 Å². The Morgan fingerprint density at radius 1 is 1.05 bits per heavy atom. The third-order valence-corrected chi connectivity index (χ3v) is 3.71. The summed E-state index contributed by atoms with van der Waals surface area (Å²) < 4.78 is 6.02. The Hall–Kier alpha value is -1.80. The molecule has 1 aliphatic rings. The number of benzene rings is 2. The Kier molecular flexibility index (Phi) is 3.26. The fourth-order valence-corrected chi connectivity index (χ4v) is 2.69. The molecule has 0 spiro atoms. The molecule has 1 atom stereocenters. The van der Waals surface area contributed by atoms with Gasteiger partial charge in [0.25, 0.3) is 0 Å². The van der Waals surface area contributed by atoms with Crippen molar-refractivity contribution >= 4 is 0 Å². The van der Waals surface area contributed by atoms with E-state index in [2.05, 4.69) is 18.2 Å². The lowest BCUT2D eigenvalue weighted by molar-refractivity contribution is 0.471. The van der Waals surface area contributed by atoms with E-state index in [1.54, 1.807) is 0 Å². The molecule has 2 heteroatoms. The summed E-state index contributed by atoms with van der Waals surface area (Å²) in [6.07, 6.45) is 3.63. The van der Waals surface area contributed by atoms with Crippen LogP contribution in [-0.4, -0.2) is 0 Å². The van der Waals surface area contributed by atoms with Gasteiger partial charge in [-0.3, -0.25) is 0 Å². The van der Waals surface area contributed by atoms with E-state index in [1.165, 1.54) is 30.4 Å². The smallest absolute Gasteiger partial charge is 0.132 e. The summed E-state index contributed by atoms with van der Waals surface area (Å²) in [6, 6.07) is 14.4. The summed E-state index contributed by atoms with van der Waals surface area (Å²) in [6.45, 7) is 1.98. The summed E-state index contributed by atoms with van der Waals surface area (Å²) in [4.78, 5) is 0. The van der Waals surface area contributed by atoms with Crippen LogP contribution in [-0.2, 0) is 12.8 Å². The molecule has 0 saturated carbocycles. The van der Waals surface area contributed by atoms with E-state index in [-0.39, 0.29) is 6.04 Å². The number of hydrogen-bond donors (Lipinski definition) is 1. The minimum atomic E-state index is -0.0226. The fraction of sp³-hybridized carbons (Fsp3) is 0.294. The lowest BCUT2D eigenvalue weighted by Gasteiger charge is -2.14. The zero-order valence-electron chi connectivity index (χ0n) is 11.2. The van der Waals surface area contributed by atoms with Gasteiger partial charge in [0, 0.05) is 11.6 Å². The second kappa shape index (κ2) is 5.06. The summed E-state index contributed by atoms with van der Waals surface area (Å²) in [5, 5.41) is 0.